The fraction of sp³-hybridized carbons (Fsp3) is 0.429. The zero-order valence-corrected chi connectivity index (χ0v) is 17.4. The van der Waals surface area contributed by atoms with Crippen molar-refractivity contribution in [3.05, 3.63) is 53.6 Å². The number of benzene rings is 2. The van der Waals surface area contributed by atoms with Crippen LogP contribution < -0.4 is 20.1 Å². The monoisotopic (exact) mass is 375 g/mol. The molecule has 0 radical (unpaired) electrons. The number of ether oxygens (including phenoxy) is 3. The van der Waals surface area contributed by atoms with Crippen LogP contribution in [0.15, 0.2) is 42.5 Å². The minimum Gasteiger partial charge on any atom is -0.497 e. The molecule has 2 unspecified atom stereocenters. The summed E-state index contributed by atoms with van der Waals surface area (Å²) in [5.74, 6) is 1.70. The van der Waals surface area contributed by atoms with Crippen molar-refractivity contribution < 1.29 is 14.2 Å². The van der Waals surface area contributed by atoms with Gasteiger partial charge in [0, 0.05) is 24.4 Å². The largest absolute Gasteiger partial charge is 0.497 e. The maximum Gasteiger partial charge on any atom is 0.188 e. The fourth-order valence-electron chi connectivity index (χ4n) is 2.95. The van der Waals surface area contributed by atoms with Crippen LogP contribution in [0, 0.1) is 0 Å². The summed E-state index contributed by atoms with van der Waals surface area (Å²) in [6.07, 6.45) is 0.996. The van der Waals surface area contributed by atoms with Gasteiger partial charge in [0.1, 0.15) is 11.5 Å². The van der Waals surface area contributed by atoms with Crippen LogP contribution in [0.3, 0.4) is 0 Å². The van der Waals surface area contributed by atoms with Crippen LogP contribution >= 0.6 is 8.58 Å². The lowest BCUT2D eigenvalue weighted by Gasteiger charge is -2.32. The Morgan fingerprint density at radius 2 is 1.88 bits per heavy atom. The van der Waals surface area contributed by atoms with Gasteiger partial charge >= 0.3 is 0 Å². The van der Waals surface area contributed by atoms with Crippen molar-refractivity contribution in [2.45, 2.75) is 32.0 Å². The summed E-state index contributed by atoms with van der Waals surface area (Å²) in [6.45, 7) is 5.63. The number of nitrogens with one attached hydrogen (secondary N) is 1. The molecule has 1 N–H and O–H groups in total. The van der Waals surface area contributed by atoms with Gasteiger partial charge in [-0.05, 0) is 42.5 Å². The molecule has 0 fully saturated rings. The molecule has 2 aromatic carbocycles. The lowest BCUT2D eigenvalue weighted by Crippen LogP contribution is -2.22. The Morgan fingerprint density at radius 1 is 1.12 bits per heavy atom. The third-order valence-electron chi connectivity index (χ3n) is 4.62. The molecule has 0 amide bonds. The van der Waals surface area contributed by atoms with E-state index in [0.29, 0.717) is 8.58 Å². The SMILES string of the molecule is CCC(C)(Pc1ccccc1CNC)c1cc(OC)ccc1OCOC. The van der Waals surface area contributed by atoms with Gasteiger partial charge in [-0.2, -0.15) is 0 Å². The van der Waals surface area contributed by atoms with E-state index in [9.17, 15) is 0 Å². The van der Waals surface area contributed by atoms with Gasteiger partial charge in [-0.15, -0.1) is 0 Å². The molecule has 4 nitrogen and oxygen atoms in total. The van der Waals surface area contributed by atoms with Gasteiger partial charge in [0.15, 0.2) is 6.79 Å². The van der Waals surface area contributed by atoms with Crippen molar-refractivity contribution in [1.29, 1.82) is 0 Å². The summed E-state index contributed by atoms with van der Waals surface area (Å²) >= 11 is 0. The van der Waals surface area contributed by atoms with Crippen LogP contribution in [-0.4, -0.2) is 28.1 Å². The Kier molecular flexibility index (Phi) is 7.89. The predicted molar refractivity (Wildman–Crippen MR) is 110 cm³/mol. The van der Waals surface area contributed by atoms with E-state index in [1.807, 2.05) is 19.2 Å². The first-order chi connectivity index (χ1) is 12.6. The molecule has 0 spiro atoms. The smallest absolute Gasteiger partial charge is 0.188 e. The van der Waals surface area contributed by atoms with Crippen LogP contribution in [0.4, 0.5) is 0 Å². The lowest BCUT2D eigenvalue weighted by atomic mass is 9.96. The van der Waals surface area contributed by atoms with E-state index in [1.165, 1.54) is 10.9 Å². The molecule has 0 heterocycles. The van der Waals surface area contributed by atoms with Gasteiger partial charge in [-0.1, -0.05) is 46.7 Å². The minimum absolute atomic E-state index is 0.0541. The highest BCUT2D eigenvalue weighted by molar-refractivity contribution is 7.48. The first-order valence-corrected chi connectivity index (χ1v) is 9.89. The summed E-state index contributed by atoms with van der Waals surface area (Å²) in [5.41, 5.74) is 2.50. The third kappa shape index (κ3) is 4.97. The Hall–Kier alpha value is -1.61. The summed E-state index contributed by atoms with van der Waals surface area (Å²) in [5, 5.41) is 4.60. The molecular weight excluding hydrogens is 345 g/mol. The molecule has 2 rings (SSSR count). The van der Waals surface area contributed by atoms with Crippen molar-refractivity contribution in [3.8, 4) is 11.5 Å². The molecule has 0 bridgehead atoms. The van der Waals surface area contributed by atoms with E-state index in [1.54, 1.807) is 14.2 Å². The summed E-state index contributed by atoms with van der Waals surface area (Å²) in [7, 11) is 5.94. The third-order valence-corrected chi connectivity index (χ3v) is 6.55. The molecule has 26 heavy (non-hydrogen) atoms. The van der Waals surface area contributed by atoms with Crippen LogP contribution in [-0.2, 0) is 16.4 Å². The van der Waals surface area contributed by atoms with Crippen LogP contribution in [0.5, 0.6) is 11.5 Å². The average molecular weight is 375 g/mol. The van der Waals surface area contributed by atoms with Gasteiger partial charge in [-0.25, -0.2) is 0 Å². The standard InChI is InChI=1S/C21H30NO3P/c1-6-21(2,26-20-10-8-7-9-16(20)14-22-3)18-13-17(24-5)11-12-19(18)25-15-23-4/h7-13,22,26H,6,14-15H2,1-5H3. The van der Waals surface area contributed by atoms with Crippen LogP contribution in [0.1, 0.15) is 31.4 Å². The van der Waals surface area contributed by atoms with E-state index in [0.717, 1.165) is 30.0 Å². The molecule has 0 aromatic heterocycles. The van der Waals surface area contributed by atoms with Crippen molar-refractivity contribution in [2.75, 3.05) is 28.1 Å². The number of hydrogen-bond acceptors (Lipinski definition) is 4. The van der Waals surface area contributed by atoms with Crippen LogP contribution in [0.25, 0.3) is 0 Å². The summed E-state index contributed by atoms with van der Waals surface area (Å²) in [4.78, 5) is 0. The Labute approximate surface area is 159 Å². The molecule has 0 aliphatic rings. The van der Waals surface area contributed by atoms with E-state index in [2.05, 4.69) is 49.5 Å². The predicted octanol–water partition coefficient (Wildman–Crippen LogP) is 4.03. The summed E-state index contributed by atoms with van der Waals surface area (Å²) in [6, 6.07) is 14.7. The lowest BCUT2D eigenvalue weighted by molar-refractivity contribution is 0.0500. The molecule has 0 saturated carbocycles. The first kappa shape index (κ1) is 20.7. The maximum atomic E-state index is 5.86. The van der Waals surface area contributed by atoms with Crippen molar-refractivity contribution in [3.63, 3.8) is 0 Å². The van der Waals surface area contributed by atoms with E-state index >= 15 is 0 Å². The molecule has 0 aliphatic carbocycles. The molecule has 2 aromatic rings. The Balaban J connectivity index is 2.44. The number of methoxy groups -OCH3 is 2. The zero-order chi connectivity index (χ0) is 19.0. The van der Waals surface area contributed by atoms with Gasteiger partial charge in [0.2, 0.25) is 0 Å². The second kappa shape index (κ2) is 9.91. The molecule has 0 aliphatic heterocycles. The highest BCUT2D eigenvalue weighted by atomic mass is 31.1. The molecule has 2 atom stereocenters. The normalized spacial score (nSPS) is 13.7. The Morgan fingerprint density at radius 3 is 2.54 bits per heavy atom. The van der Waals surface area contributed by atoms with Gasteiger partial charge in [-0.3, -0.25) is 0 Å². The average Bonchev–Trinajstić information content (AvgIpc) is 2.67. The maximum absolute atomic E-state index is 5.86. The minimum atomic E-state index is -0.0541. The van der Waals surface area contributed by atoms with Crippen molar-refractivity contribution in [1.82, 2.24) is 5.32 Å². The number of rotatable bonds is 10. The van der Waals surface area contributed by atoms with Gasteiger partial charge in [0.05, 0.1) is 7.11 Å². The van der Waals surface area contributed by atoms with E-state index in [-0.39, 0.29) is 11.9 Å². The van der Waals surface area contributed by atoms with Crippen molar-refractivity contribution >= 4 is 13.9 Å². The van der Waals surface area contributed by atoms with E-state index < -0.39 is 0 Å². The van der Waals surface area contributed by atoms with Gasteiger partial charge < -0.3 is 19.5 Å². The fourth-order valence-corrected chi connectivity index (χ4v) is 4.56. The van der Waals surface area contributed by atoms with Gasteiger partial charge in [0.25, 0.3) is 0 Å². The van der Waals surface area contributed by atoms with Crippen molar-refractivity contribution in [2.24, 2.45) is 0 Å². The van der Waals surface area contributed by atoms with Crippen LogP contribution in [0.2, 0.25) is 0 Å². The highest BCUT2D eigenvalue weighted by Gasteiger charge is 2.30. The molecule has 142 valence electrons. The molecular formula is C21H30NO3P. The summed E-state index contributed by atoms with van der Waals surface area (Å²) < 4.78 is 16.4. The Bertz CT molecular complexity index is 707. The highest BCUT2D eigenvalue weighted by Crippen LogP contribution is 2.48. The van der Waals surface area contributed by atoms with E-state index in [4.69, 9.17) is 14.2 Å². The second-order valence-electron chi connectivity index (χ2n) is 6.41. The molecule has 5 heteroatoms. The molecule has 0 saturated heterocycles. The zero-order valence-electron chi connectivity index (χ0n) is 16.4. The number of hydrogen-bond donors (Lipinski definition) is 1. The first-order valence-electron chi connectivity index (χ1n) is 8.89. The quantitative estimate of drug-likeness (QED) is 0.503. The second-order valence-corrected chi connectivity index (χ2v) is 8.30. The topological polar surface area (TPSA) is 39.7 Å².